The van der Waals surface area contributed by atoms with Crippen LogP contribution in [0.2, 0.25) is 0 Å². The SMILES string of the molecule is CC(C)(N)C(=O)N1CCCC1c1cccnc1. The van der Waals surface area contributed by atoms with Crippen LogP contribution in [0.15, 0.2) is 24.5 Å². The number of likely N-dealkylation sites (tertiary alicyclic amines) is 1. The quantitative estimate of drug-likeness (QED) is 0.841. The fourth-order valence-electron chi connectivity index (χ4n) is 2.30. The average molecular weight is 233 g/mol. The summed E-state index contributed by atoms with van der Waals surface area (Å²) in [6.45, 7) is 4.31. The van der Waals surface area contributed by atoms with E-state index in [1.165, 1.54) is 0 Å². The van der Waals surface area contributed by atoms with Gasteiger partial charge < -0.3 is 10.6 Å². The van der Waals surface area contributed by atoms with Crippen molar-refractivity contribution < 1.29 is 4.79 Å². The van der Waals surface area contributed by atoms with Crippen LogP contribution in [0, 0.1) is 0 Å². The van der Waals surface area contributed by atoms with Crippen LogP contribution in [0.5, 0.6) is 0 Å². The van der Waals surface area contributed by atoms with Crippen LogP contribution < -0.4 is 5.73 Å². The first-order chi connectivity index (χ1) is 8.00. The van der Waals surface area contributed by atoms with Gasteiger partial charge in [-0.3, -0.25) is 9.78 Å². The first-order valence-electron chi connectivity index (χ1n) is 6.00. The van der Waals surface area contributed by atoms with E-state index in [2.05, 4.69) is 4.98 Å². The standard InChI is InChI=1S/C13H19N3O/c1-13(2,14)12(17)16-8-4-6-11(16)10-5-3-7-15-9-10/h3,5,7,9,11H,4,6,8,14H2,1-2H3. The number of amides is 1. The monoisotopic (exact) mass is 233 g/mol. The van der Waals surface area contributed by atoms with Crippen LogP contribution in [0.1, 0.15) is 38.3 Å². The van der Waals surface area contributed by atoms with Gasteiger partial charge in [0.05, 0.1) is 11.6 Å². The third-order valence-corrected chi connectivity index (χ3v) is 3.13. The number of aromatic nitrogens is 1. The highest BCUT2D eigenvalue weighted by Crippen LogP contribution is 2.32. The molecule has 1 aromatic heterocycles. The van der Waals surface area contributed by atoms with Gasteiger partial charge in [0, 0.05) is 18.9 Å². The number of pyridine rings is 1. The predicted molar refractivity (Wildman–Crippen MR) is 66.2 cm³/mol. The van der Waals surface area contributed by atoms with Crippen LogP contribution in [0.25, 0.3) is 0 Å². The summed E-state index contributed by atoms with van der Waals surface area (Å²) >= 11 is 0. The summed E-state index contributed by atoms with van der Waals surface area (Å²) in [5.74, 6) is 0.0175. The minimum atomic E-state index is -0.801. The smallest absolute Gasteiger partial charge is 0.242 e. The highest BCUT2D eigenvalue weighted by molar-refractivity contribution is 5.85. The van der Waals surface area contributed by atoms with Gasteiger partial charge in [-0.25, -0.2) is 0 Å². The zero-order valence-corrected chi connectivity index (χ0v) is 10.4. The molecule has 1 saturated heterocycles. The topological polar surface area (TPSA) is 59.2 Å². The Bertz CT molecular complexity index is 397. The average Bonchev–Trinajstić information content (AvgIpc) is 2.76. The Morgan fingerprint density at radius 2 is 2.35 bits per heavy atom. The molecule has 0 spiro atoms. The van der Waals surface area contributed by atoms with Crippen LogP contribution in [-0.4, -0.2) is 27.9 Å². The molecule has 92 valence electrons. The summed E-state index contributed by atoms with van der Waals surface area (Å²) in [6, 6.07) is 4.07. The summed E-state index contributed by atoms with van der Waals surface area (Å²) in [5, 5.41) is 0. The molecule has 0 aromatic carbocycles. The molecular weight excluding hydrogens is 214 g/mol. The molecule has 0 saturated carbocycles. The summed E-state index contributed by atoms with van der Waals surface area (Å²) in [7, 11) is 0. The molecule has 1 aromatic rings. The number of carbonyl (C=O) groups is 1. The van der Waals surface area contributed by atoms with Crippen molar-refractivity contribution in [1.82, 2.24) is 9.88 Å². The highest BCUT2D eigenvalue weighted by atomic mass is 16.2. The number of hydrogen-bond donors (Lipinski definition) is 1. The maximum Gasteiger partial charge on any atom is 0.242 e. The normalized spacial score (nSPS) is 20.6. The number of carbonyl (C=O) groups excluding carboxylic acids is 1. The molecule has 1 unspecified atom stereocenters. The van der Waals surface area contributed by atoms with Gasteiger partial charge in [-0.05, 0) is 38.3 Å². The molecule has 4 heteroatoms. The lowest BCUT2D eigenvalue weighted by atomic mass is 10.0. The van der Waals surface area contributed by atoms with E-state index >= 15 is 0 Å². The van der Waals surface area contributed by atoms with Gasteiger partial charge in [-0.2, -0.15) is 0 Å². The summed E-state index contributed by atoms with van der Waals surface area (Å²) in [6.07, 6.45) is 5.60. The Kier molecular flexibility index (Phi) is 3.15. The van der Waals surface area contributed by atoms with Gasteiger partial charge in [0.15, 0.2) is 0 Å². The lowest BCUT2D eigenvalue weighted by Gasteiger charge is -2.30. The zero-order chi connectivity index (χ0) is 12.5. The van der Waals surface area contributed by atoms with Crippen molar-refractivity contribution in [2.45, 2.75) is 38.3 Å². The Hall–Kier alpha value is -1.42. The molecule has 0 radical (unpaired) electrons. The summed E-state index contributed by atoms with van der Waals surface area (Å²) in [5.41, 5.74) is 6.19. The van der Waals surface area contributed by atoms with E-state index in [1.807, 2.05) is 23.2 Å². The zero-order valence-electron chi connectivity index (χ0n) is 10.4. The van der Waals surface area contributed by atoms with Gasteiger partial charge in [0.1, 0.15) is 0 Å². The van der Waals surface area contributed by atoms with Crippen molar-refractivity contribution in [3.05, 3.63) is 30.1 Å². The minimum Gasteiger partial charge on any atom is -0.334 e. The van der Waals surface area contributed by atoms with E-state index in [-0.39, 0.29) is 11.9 Å². The largest absolute Gasteiger partial charge is 0.334 e. The second kappa shape index (κ2) is 4.45. The maximum absolute atomic E-state index is 12.2. The van der Waals surface area contributed by atoms with Gasteiger partial charge in [-0.1, -0.05) is 6.07 Å². The molecule has 4 nitrogen and oxygen atoms in total. The number of rotatable bonds is 2. The Morgan fingerprint density at radius 3 is 2.94 bits per heavy atom. The lowest BCUT2D eigenvalue weighted by Crippen LogP contribution is -2.50. The Balaban J connectivity index is 2.22. The van der Waals surface area contributed by atoms with Crippen LogP contribution in [-0.2, 0) is 4.79 Å². The molecule has 1 fully saturated rings. The second-order valence-corrected chi connectivity index (χ2v) is 5.16. The van der Waals surface area contributed by atoms with E-state index in [9.17, 15) is 4.79 Å². The molecule has 17 heavy (non-hydrogen) atoms. The Labute approximate surface area is 102 Å². The van der Waals surface area contributed by atoms with Gasteiger partial charge in [0.25, 0.3) is 0 Å². The molecule has 1 aliphatic heterocycles. The van der Waals surface area contributed by atoms with E-state index in [0.717, 1.165) is 24.9 Å². The molecule has 0 bridgehead atoms. The number of nitrogens with zero attached hydrogens (tertiary/aromatic N) is 2. The van der Waals surface area contributed by atoms with Crippen molar-refractivity contribution in [1.29, 1.82) is 0 Å². The highest BCUT2D eigenvalue weighted by Gasteiger charge is 2.35. The van der Waals surface area contributed by atoms with E-state index in [1.54, 1.807) is 20.0 Å². The molecule has 2 rings (SSSR count). The summed E-state index contributed by atoms with van der Waals surface area (Å²) < 4.78 is 0. The summed E-state index contributed by atoms with van der Waals surface area (Å²) in [4.78, 5) is 18.2. The first kappa shape index (κ1) is 12.0. The van der Waals surface area contributed by atoms with E-state index in [0.29, 0.717) is 0 Å². The molecular formula is C13H19N3O. The second-order valence-electron chi connectivity index (χ2n) is 5.16. The number of nitrogens with two attached hydrogens (primary N) is 1. The molecule has 2 heterocycles. The lowest BCUT2D eigenvalue weighted by molar-refractivity contribution is -0.136. The molecule has 1 atom stereocenters. The van der Waals surface area contributed by atoms with Crippen LogP contribution in [0.4, 0.5) is 0 Å². The van der Waals surface area contributed by atoms with Crippen molar-refractivity contribution in [2.24, 2.45) is 5.73 Å². The molecule has 2 N–H and O–H groups in total. The van der Waals surface area contributed by atoms with Crippen LogP contribution >= 0.6 is 0 Å². The minimum absolute atomic E-state index is 0.0175. The predicted octanol–water partition coefficient (Wildman–Crippen LogP) is 1.48. The van der Waals surface area contributed by atoms with Crippen molar-refractivity contribution in [3.63, 3.8) is 0 Å². The molecule has 0 aliphatic carbocycles. The third-order valence-electron chi connectivity index (χ3n) is 3.13. The Morgan fingerprint density at radius 1 is 1.59 bits per heavy atom. The first-order valence-corrected chi connectivity index (χ1v) is 6.00. The van der Waals surface area contributed by atoms with Crippen LogP contribution in [0.3, 0.4) is 0 Å². The van der Waals surface area contributed by atoms with Gasteiger partial charge >= 0.3 is 0 Å². The van der Waals surface area contributed by atoms with E-state index < -0.39 is 5.54 Å². The molecule has 1 aliphatic rings. The van der Waals surface area contributed by atoms with Crippen molar-refractivity contribution in [3.8, 4) is 0 Å². The van der Waals surface area contributed by atoms with Crippen molar-refractivity contribution >= 4 is 5.91 Å². The third kappa shape index (κ3) is 2.47. The fourth-order valence-corrected chi connectivity index (χ4v) is 2.30. The number of hydrogen-bond acceptors (Lipinski definition) is 3. The maximum atomic E-state index is 12.2. The van der Waals surface area contributed by atoms with Gasteiger partial charge in [0.2, 0.25) is 5.91 Å². The van der Waals surface area contributed by atoms with Gasteiger partial charge in [-0.15, -0.1) is 0 Å². The molecule has 1 amide bonds. The fraction of sp³-hybridized carbons (Fsp3) is 0.538. The van der Waals surface area contributed by atoms with E-state index in [4.69, 9.17) is 5.73 Å². The van der Waals surface area contributed by atoms with Crippen molar-refractivity contribution in [2.75, 3.05) is 6.54 Å².